The van der Waals surface area contributed by atoms with Crippen molar-refractivity contribution >= 4 is 29.3 Å². The number of rotatable bonds is 4. The molecule has 7 nitrogen and oxygen atoms in total. The quantitative estimate of drug-likeness (QED) is 0.832. The van der Waals surface area contributed by atoms with Crippen molar-refractivity contribution in [1.29, 1.82) is 0 Å². The highest BCUT2D eigenvalue weighted by Gasteiger charge is 2.20. The van der Waals surface area contributed by atoms with Gasteiger partial charge in [-0.15, -0.1) is 0 Å². The number of aromatic amines is 1. The second-order valence-corrected chi connectivity index (χ2v) is 7.75. The number of aromatic nitrogens is 2. The molecule has 0 aliphatic carbocycles. The molecule has 0 bridgehead atoms. The van der Waals surface area contributed by atoms with Crippen LogP contribution in [0.25, 0.3) is 11.1 Å². The van der Waals surface area contributed by atoms with Gasteiger partial charge in [0.2, 0.25) is 0 Å². The van der Waals surface area contributed by atoms with Crippen molar-refractivity contribution in [3.63, 3.8) is 0 Å². The molecular formula is C18H21Cl2N3O4. The monoisotopic (exact) mass is 413 g/mol. The summed E-state index contributed by atoms with van der Waals surface area (Å²) in [5, 5.41) is 0.525. The highest BCUT2D eigenvalue weighted by Crippen LogP contribution is 2.31. The SMILES string of the molecule is CN(CCn1c(=O)[nH]cc(-c2cccc(Cl)c2Cl)c1=O)C(=O)OC(C)(C)C. The molecule has 1 aromatic heterocycles. The lowest BCUT2D eigenvalue weighted by atomic mass is 10.1. The smallest absolute Gasteiger partial charge is 0.410 e. The Bertz CT molecular complexity index is 960. The van der Waals surface area contributed by atoms with Crippen molar-refractivity contribution in [3.05, 3.63) is 55.3 Å². The third-order valence-electron chi connectivity index (χ3n) is 3.67. The third kappa shape index (κ3) is 5.14. The molecule has 9 heteroatoms. The van der Waals surface area contributed by atoms with Crippen LogP contribution in [0.3, 0.4) is 0 Å². The Balaban J connectivity index is 2.29. The molecule has 0 atom stereocenters. The molecule has 27 heavy (non-hydrogen) atoms. The number of benzene rings is 1. The van der Waals surface area contributed by atoms with E-state index in [1.54, 1.807) is 39.0 Å². The van der Waals surface area contributed by atoms with E-state index in [2.05, 4.69) is 4.98 Å². The minimum Gasteiger partial charge on any atom is -0.444 e. The topological polar surface area (TPSA) is 84.4 Å². The first-order valence-corrected chi connectivity index (χ1v) is 8.98. The number of ether oxygens (including phenoxy) is 1. The van der Waals surface area contributed by atoms with Crippen LogP contribution in [0.5, 0.6) is 0 Å². The molecular weight excluding hydrogens is 393 g/mol. The fourth-order valence-electron chi connectivity index (χ4n) is 2.30. The molecule has 146 valence electrons. The van der Waals surface area contributed by atoms with Crippen LogP contribution in [-0.2, 0) is 11.3 Å². The van der Waals surface area contributed by atoms with E-state index < -0.39 is 22.9 Å². The summed E-state index contributed by atoms with van der Waals surface area (Å²) in [4.78, 5) is 40.7. The number of hydrogen-bond acceptors (Lipinski definition) is 4. The van der Waals surface area contributed by atoms with Crippen molar-refractivity contribution in [2.24, 2.45) is 0 Å². The number of H-pyrrole nitrogens is 1. The van der Waals surface area contributed by atoms with Crippen molar-refractivity contribution in [1.82, 2.24) is 14.5 Å². The highest BCUT2D eigenvalue weighted by molar-refractivity contribution is 6.43. The fraction of sp³-hybridized carbons (Fsp3) is 0.389. The summed E-state index contributed by atoms with van der Waals surface area (Å²) in [7, 11) is 1.53. The van der Waals surface area contributed by atoms with Crippen molar-refractivity contribution in [2.75, 3.05) is 13.6 Å². The Hall–Kier alpha value is -2.25. The lowest BCUT2D eigenvalue weighted by molar-refractivity contribution is 0.0292. The number of hydrogen-bond donors (Lipinski definition) is 1. The Labute approximate surface area is 166 Å². The van der Waals surface area contributed by atoms with Gasteiger partial charge in [-0.05, 0) is 26.8 Å². The fourth-order valence-corrected chi connectivity index (χ4v) is 2.70. The molecule has 2 rings (SSSR count). The number of amides is 1. The maximum Gasteiger partial charge on any atom is 0.410 e. The zero-order valence-electron chi connectivity index (χ0n) is 15.5. The molecule has 0 spiro atoms. The third-order valence-corrected chi connectivity index (χ3v) is 4.49. The minimum absolute atomic E-state index is 0.00403. The van der Waals surface area contributed by atoms with Crippen LogP contribution >= 0.6 is 23.2 Å². The molecule has 2 aromatic rings. The van der Waals surface area contributed by atoms with Gasteiger partial charge in [-0.3, -0.25) is 9.36 Å². The minimum atomic E-state index is -0.636. The summed E-state index contributed by atoms with van der Waals surface area (Å²) in [6.07, 6.45) is 0.761. The van der Waals surface area contributed by atoms with E-state index in [0.29, 0.717) is 10.6 Å². The highest BCUT2D eigenvalue weighted by atomic mass is 35.5. The summed E-state index contributed by atoms with van der Waals surface area (Å²) in [6.45, 7) is 5.38. The summed E-state index contributed by atoms with van der Waals surface area (Å²) >= 11 is 12.2. The van der Waals surface area contributed by atoms with Gasteiger partial charge in [0.15, 0.2) is 0 Å². The molecule has 1 N–H and O–H groups in total. The van der Waals surface area contributed by atoms with Crippen molar-refractivity contribution in [3.8, 4) is 11.1 Å². The van der Waals surface area contributed by atoms with Crippen LogP contribution in [0, 0.1) is 0 Å². The zero-order valence-corrected chi connectivity index (χ0v) is 17.0. The van der Waals surface area contributed by atoms with Gasteiger partial charge in [0, 0.05) is 31.9 Å². The molecule has 0 aliphatic rings. The van der Waals surface area contributed by atoms with Gasteiger partial charge in [0.1, 0.15) is 5.60 Å². The maximum atomic E-state index is 12.8. The van der Waals surface area contributed by atoms with Gasteiger partial charge in [-0.1, -0.05) is 35.3 Å². The molecule has 0 radical (unpaired) electrons. The first-order valence-electron chi connectivity index (χ1n) is 8.22. The standard InChI is InChI=1S/C18H21Cl2N3O4/c1-18(2,3)27-17(26)22(4)8-9-23-15(24)12(10-21-16(23)25)11-6-5-7-13(19)14(11)20/h5-7,10H,8-9H2,1-4H3,(H,21,25). The Morgan fingerprint density at radius 3 is 2.52 bits per heavy atom. The normalized spacial score (nSPS) is 11.3. The Morgan fingerprint density at radius 2 is 1.89 bits per heavy atom. The van der Waals surface area contributed by atoms with E-state index >= 15 is 0 Å². The second kappa shape index (κ2) is 8.19. The van der Waals surface area contributed by atoms with Crippen LogP contribution in [-0.4, -0.2) is 39.7 Å². The van der Waals surface area contributed by atoms with Crippen LogP contribution in [0.2, 0.25) is 10.0 Å². The predicted molar refractivity (Wildman–Crippen MR) is 106 cm³/mol. The van der Waals surface area contributed by atoms with Crippen LogP contribution in [0.4, 0.5) is 4.79 Å². The number of carbonyl (C=O) groups excluding carboxylic acids is 1. The summed E-state index contributed by atoms with van der Waals surface area (Å²) in [5.41, 5.74) is -1.12. The molecule has 0 fully saturated rings. The van der Waals surface area contributed by atoms with Gasteiger partial charge in [0.25, 0.3) is 5.56 Å². The van der Waals surface area contributed by atoms with E-state index in [0.717, 1.165) is 4.57 Å². The zero-order chi connectivity index (χ0) is 20.4. The molecule has 1 heterocycles. The first-order chi connectivity index (χ1) is 12.5. The molecule has 0 saturated carbocycles. The number of carbonyl (C=O) groups is 1. The summed E-state index contributed by atoms with van der Waals surface area (Å²) in [5.74, 6) is 0. The number of likely N-dealkylation sites (N-methyl/N-ethyl adjacent to an activating group) is 1. The van der Waals surface area contributed by atoms with Crippen molar-refractivity contribution in [2.45, 2.75) is 32.9 Å². The first kappa shape index (κ1) is 21.1. The largest absolute Gasteiger partial charge is 0.444 e. The average molecular weight is 414 g/mol. The molecule has 0 saturated heterocycles. The van der Waals surface area contributed by atoms with Gasteiger partial charge < -0.3 is 14.6 Å². The molecule has 0 aliphatic heterocycles. The van der Waals surface area contributed by atoms with E-state index in [-0.39, 0.29) is 23.7 Å². The number of nitrogens with one attached hydrogen (secondary N) is 1. The summed E-state index contributed by atoms with van der Waals surface area (Å²) in [6, 6.07) is 4.91. The number of nitrogens with zero attached hydrogens (tertiary/aromatic N) is 2. The Kier molecular flexibility index (Phi) is 6.38. The van der Waals surface area contributed by atoms with Crippen LogP contribution < -0.4 is 11.2 Å². The van der Waals surface area contributed by atoms with Crippen molar-refractivity contribution < 1.29 is 9.53 Å². The van der Waals surface area contributed by atoms with E-state index in [9.17, 15) is 14.4 Å². The lowest BCUT2D eigenvalue weighted by Gasteiger charge is -2.24. The van der Waals surface area contributed by atoms with E-state index in [1.165, 1.54) is 18.1 Å². The average Bonchev–Trinajstić information content (AvgIpc) is 2.56. The number of halogens is 2. The maximum absolute atomic E-state index is 12.8. The molecule has 1 amide bonds. The second-order valence-electron chi connectivity index (χ2n) is 6.97. The van der Waals surface area contributed by atoms with Crippen LogP contribution in [0.15, 0.2) is 34.0 Å². The lowest BCUT2D eigenvalue weighted by Crippen LogP contribution is -2.41. The van der Waals surface area contributed by atoms with Gasteiger partial charge in [0.05, 0.1) is 15.6 Å². The molecule has 1 aromatic carbocycles. The van der Waals surface area contributed by atoms with E-state index in [4.69, 9.17) is 27.9 Å². The van der Waals surface area contributed by atoms with E-state index in [1.807, 2.05) is 0 Å². The van der Waals surface area contributed by atoms with Gasteiger partial charge in [-0.2, -0.15) is 0 Å². The van der Waals surface area contributed by atoms with Gasteiger partial charge in [-0.25, -0.2) is 9.59 Å². The molecule has 0 unspecified atom stereocenters. The summed E-state index contributed by atoms with van der Waals surface area (Å²) < 4.78 is 6.26. The Morgan fingerprint density at radius 1 is 1.22 bits per heavy atom. The van der Waals surface area contributed by atoms with Crippen LogP contribution in [0.1, 0.15) is 20.8 Å². The van der Waals surface area contributed by atoms with Gasteiger partial charge >= 0.3 is 11.8 Å². The predicted octanol–water partition coefficient (Wildman–Crippen LogP) is 3.38.